The van der Waals surface area contributed by atoms with Gasteiger partial charge in [-0.25, -0.2) is 4.98 Å². The summed E-state index contributed by atoms with van der Waals surface area (Å²) in [5, 5.41) is 7.38. The third kappa shape index (κ3) is 4.18. The van der Waals surface area contributed by atoms with Gasteiger partial charge in [-0.2, -0.15) is 0 Å². The van der Waals surface area contributed by atoms with Crippen molar-refractivity contribution in [3.05, 3.63) is 146 Å². The maximum Gasteiger partial charge on any atom is 0.0725 e. The maximum atomic E-state index is 4.98. The summed E-state index contributed by atoms with van der Waals surface area (Å²) in [7, 11) is 0. The summed E-state index contributed by atoms with van der Waals surface area (Å²) in [5.41, 5.74) is 8.12. The summed E-state index contributed by atoms with van der Waals surface area (Å²) >= 11 is 0. The van der Waals surface area contributed by atoms with E-state index < -0.39 is 0 Å². The minimum absolute atomic E-state index is 0.916. The van der Waals surface area contributed by atoms with Gasteiger partial charge in [-0.15, -0.1) is 0 Å². The van der Waals surface area contributed by atoms with Gasteiger partial charge in [0.05, 0.1) is 17.1 Å². The molecule has 0 fully saturated rings. The number of aromatic nitrogens is 4. The Morgan fingerprint density at radius 3 is 1.52 bits per heavy atom. The number of pyridine rings is 4. The van der Waals surface area contributed by atoms with Gasteiger partial charge in [-0.3, -0.25) is 15.0 Å². The molecule has 8 aromatic rings. The van der Waals surface area contributed by atoms with Gasteiger partial charge in [-0.05, 0) is 92.5 Å². The van der Waals surface area contributed by atoms with Crippen molar-refractivity contribution in [2.75, 3.05) is 0 Å². The van der Waals surface area contributed by atoms with Crippen LogP contribution in [0.1, 0.15) is 0 Å². The van der Waals surface area contributed by atoms with Gasteiger partial charge >= 0.3 is 0 Å². The van der Waals surface area contributed by atoms with E-state index in [1.165, 1.54) is 32.3 Å². The van der Waals surface area contributed by atoms with Crippen LogP contribution in [0.3, 0.4) is 0 Å². The molecule has 0 amide bonds. The fourth-order valence-corrected chi connectivity index (χ4v) is 5.82. The summed E-state index contributed by atoms with van der Waals surface area (Å²) in [5.74, 6) is 0. The highest BCUT2D eigenvalue weighted by atomic mass is 14.7. The maximum absolute atomic E-state index is 4.98. The smallest absolute Gasteiger partial charge is 0.0725 e. The fourth-order valence-electron chi connectivity index (χ4n) is 5.82. The van der Waals surface area contributed by atoms with Gasteiger partial charge in [0.15, 0.2) is 0 Å². The topological polar surface area (TPSA) is 51.6 Å². The average molecular weight is 537 g/mol. The van der Waals surface area contributed by atoms with Crippen molar-refractivity contribution in [3.8, 4) is 44.9 Å². The van der Waals surface area contributed by atoms with Gasteiger partial charge in [-0.1, -0.05) is 60.7 Å². The van der Waals surface area contributed by atoms with E-state index in [0.29, 0.717) is 0 Å². The lowest BCUT2D eigenvalue weighted by Crippen LogP contribution is -1.90. The van der Waals surface area contributed by atoms with E-state index in [1.807, 2.05) is 48.9 Å². The second kappa shape index (κ2) is 10.0. The predicted octanol–water partition coefficient (Wildman–Crippen LogP) is 9.39. The lowest BCUT2D eigenvalue weighted by atomic mass is 9.91. The summed E-state index contributed by atoms with van der Waals surface area (Å²) in [6, 6.07) is 40.4. The van der Waals surface area contributed by atoms with Gasteiger partial charge < -0.3 is 0 Å². The zero-order chi connectivity index (χ0) is 27.9. The van der Waals surface area contributed by atoms with Crippen LogP contribution in [-0.2, 0) is 0 Å². The van der Waals surface area contributed by atoms with E-state index in [-0.39, 0.29) is 0 Å². The molecule has 4 heteroatoms. The molecular weight excluding hydrogens is 512 g/mol. The highest BCUT2D eigenvalue weighted by molar-refractivity contribution is 6.26. The Balaban J connectivity index is 1.25. The zero-order valence-corrected chi connectivity index (χ0v) is 22.6. The Hall–Kier alpha value is -5.74. The van der Waals surface area contributed by atoms with Crippen molar-refractivity contribution in [1.82, 2.24) is 19.9 Å². The molecule has 0 spiro atoms. The molecule has 0 aliphatic heterocycles. The van der Waals surface area contributed by atoms with Crippen molar-refractivity contribution < 1.29 is 0 Å². The fraction of sp³-hybridized carbons (Fsp3) is 0. The van der Waals surface area contributed by atoms with E-state index in [1.54, 1.807) is 12.4 Å². The standard InChI is InChI=1S/C38H24N4/c1-2-9-31-30(8-1)34-20-25(27-14-17-36(41-24-27)28-6-4-18-39-22-28)12-15-32(34)33-16-13-26(21-35(31)33)37-10-3-11-38(42-37)29-7-5-19-40-23-29/h1-24H. The first-order valence-corrected chi connectivity index (χ1v) is 13.9. The lowest BCUT2D eigenvalue weighted by molar-refractivity contribution is 1.28. The molecule has 0 unspecified atom stereocenters. The molecule has 4 aromatic carbocycles. The molecule has 0 aliphatic carbocycles. The summed E-state index contributed by atoms with van der Waals surface area (Å²) in [6.45, 7) is 0. The SMILES string of the molecule is c1cncc(-c2ccc(-c3ccc4c5ccc(-c6cccc(-c7cccnc7)n6)cc5c5ccccc5c4c3)cn2)c1. The van der Waals surface area contributed by atoms with Gasteiger partial charge in [0.1, 0.15) is 0 Å². The van der Waals surface area contributed by atoms with Crippen LogP contribution < -0.4 is 0 Å². The molecule has 0 saturated carbocycles. The minimum atomic E-state index is 0.916. The third-order valence-corrected chi connectivity index (χ3v) is 7.89. The molecule has 0 bridgehead atoms. The Kier molecular flexibility index (Phi) is 5.75. The zero-order valence-electron chi connectivity index (χ0n) is 22.6. The predicted molar refractivity (Wildman–Crippen MR) is 172 cm³/mol. The second-order valence-corrected chi connectivity index (χ2v) is 10.4. The van der Waals surface area contributed by atoms with Crippen LogP contribution in [-0.4, -0.2) is 19.9 Å². The molecule has 0 N–H and O–H groups in total. The monoisotopic (exact) mass is 536 g/mol. The van der Waals surface area contributed by atoms with Crippen LogP contribution in [0, 0.1) is 0 Å². The molecule has 196 valence electrons. The highest BCUT2D eigenvalue weighted by Crippen LogP contribution is 2.39. The van der Waals surface area contributed by atoms with Crippen molar-refractivity contribution in [3.63, 3.8) is 0 Å². The first-order valence-electron chi connectivity index (χ1n) is 13.9. The van der Waals surface area contributed by atoms with Crippen molar-refractivity contribution in [2.45, 2.75) is 0 Å². The lowest BCUT2D eigenvalue weighted by Gasteiger charge is -2.13. The largest absolute Gasteiger partial charge is 0.264 e. The number of benzene rings is 4. The Morgan fingerprint density at radius 1 is 0.333 bits per heavy atom. The van der Waals surface area contributed by atoms with Crippen LogP contribution in [0.4, 0.5) is 0 Å². The Morgan fingerprint density at radius 2 is 0.905 bits per heavy atom. The number of fused-ring (bicyclic) bond motifs is 6. The van der Waals surface area contributed by atoms with Gasteiger partial charge in [0.2, 0.25) is 0 Å². The molecule has 0 saturated heterocycles. The first kappa shape index (κ1) is 24.1. The molecule has 0 radical (unpaired) electrons. The van der Waals surface area contributed by atoms with E-state index in [0.717, 1.165) is 44.9 Å². The van der Waals surface area contributed by atoms with Crippen molar-refractivity contribution >= 4 is 32.3 Å². The van der Waals surface area contributed by atoms with Crippen LogP contribution in [0.25, 0.3) is 77.2 Å². The van der Waals surface area contributed by atoms with E-state index in [9.17, 15) is 0 Å². The quantitative estimate of drug-likeness (QED) is 0.210. The molecule has 4 aromatic heterocycles. The number of hydrogen-bond donors (Lipinski definition) is 0. The second-order valence-electron chi connectivity index (χ2n) is 10.4. The summed E-state index contributed by atoms with van der Waals surface area (Å²) in [4.78, 5) is 18.2. The van der Waals surface area contributed by atoms with Crippen molar-refractivity contribution in [2.24, 2.45) is 0 Å². The molecule has 42 heavy (non-hydrogen) atoms. The Bertz CT molecular complexity index is 2210. The first-order chi connectivity index (χ1) is 20.8. The normalized spacial score (nSPS) is 11.3. The number of nitrogens with zero attached hydrogens (tertiary/aromatic N) is 4. The average Bonchev–Trinajstić information content (AvgIpc) is 3.09. The summed E-state index contributed by atoms with van der Waals surface area (Å²) in [6.07, 6.45) is 9.21. The molecule has 0 atom stereocenters. The van der Waals surface area contributed by atoms with Crippen LogP contribution in [0.5, 0.6) is 0 Å². The highest BCUT2D eigenvalue weighted by Gasteiger charge is 2.12. The summed E-state index contributed by atoms with van der Waals surface area (Å²) < 4.78 is 0. The molecule has 4 heterocycles. The Labute approximate surface area is 243 Å². The number of rotatable bonds is 4. The molecule has 8 rings (SSSR count). The van der Waals surface area contributed by atoms with E-state index >= 15 is 0 Å². The molecule has 0 aliphatic rings. The molecule has 4 nitrogen and oxygen atoms in total. The van der Waals surface area contributed by atoms with Crippen LogP contribution in [0.15, 0.2) is 146 Å². The van der Waals surface area contributed by atoms with Crippen LogP contribution in [0.2, 0.25) is 0 Å². The van der Waals surface area contributed by atoms with E-state index in [4.69, 9.17) is 9.97 Å². The van der Waals surface area contributed by atoms with E-state index in [2.05, 4.69) is 94.9 Å². The van der Waals surface area contributed by atoms with Crippen molar-refractivity contribution in [1.29, 1.82) is 0 Å². The van der Waals surface area contributed by atoms with Gasteiger partial charge in [0, 0.05) is 53.2 Å². The van der Waals surface area contributed by atoms with Crippen LogP contribution >= 0.6 is 0 Å². The minimum Gasteiger partial charge on any atom is -0.264 e. The number of hydrogen-bond acceptors (Lipinski definition) is 4. The molecular formula is C38H24N4. The van der Waals surface area contributed by atoms with Gasteiger partial charge in [0.25, 0.3) is 0 Å². The third-order valence-electron chi connectivity index (χ3n) is 7.89.